The molecular weight excluding hydrogens is 333 g/mol. The van der Waals surface area contributed by atoms with Crippen molar-refractivity contribution in [1.82, 2.24) is 4.72 Å². The molecule has 0 aromatic heterocycles. The van der Waals surface area contributed by atoms with E-state index in [1.165, 1.54) is 18.2 Å². The third kappa shape index (κ3) is 5.81. The summed E-state index contributed by atoms with van der Waals surface area (Å²) in [6, 6.07) is 5.61. The van der Waals surface area contributed by atoms with Gasteiger partial charge in [0.25, 0.3) is 0 Å². The number of nitriles is 1. The Kier molecular flexibility index (Phi) is 8.86. The lowest BCUT2D eigenvalue weighted by atomic mass is 10.1. The normalized spacial score (nSPS) is 12.3. The average molecular weight is 352 g/mol. The number of halogens is 2. The second-order valence-electron chi connectivity index (χ2n) is 4.45. The van der Waals surface area contributed by atoms with Crippen molar-refractivity contribution < 1.29 is 8.42 Å². The monoisotopic (exact) mass is 351 g/mol. The Bertz CT molecular complexity index is 600. The van der Waals surface area contributed by atoms with Gasteiger partial charge >= 0.3 is 0 Å². The molecule has 8 heteroatoms. The highest BCUT2D eigenvalue weighted by Gasteiger charge is 2.19. The molecule has 0 radical (unpaired) electrons. The molecule has 1 rings (SSSR count). The number of unbranched alkanes of at least 4 members (excludes halogenated alkanes) is 1. The van der Waals surface area contributed by atoms with Gasteiger partial charge in [-0.2, -0.15) is 5.26 Å². The van der Waals surface area contributed by atoms with Crippen LogP contribution in [0, 0.1) is 11.3 Å². The van der Waals surface area contributed by atoms with Crippen molar-refractivity contribution in [2.75, 3.05) is 6.54 Å². The van der Waals surface area contributed by atoms with Gasteiger partial charge in [-0.1, -0.05) is 31.4 Å². The van der Waals surface area contributed by atoms with Crippen LogP contribution in [-0.2, 0) is 10.0 Å². The number of rotatable bonds is 7. The summed E-state index contributed by atoms with van der Waals surface area (Å²) in [6.45, 7) is 2.27. The molecule has 0 spiro atoms. The smallest absolute Gasteiger partial charge is 0.240 e. The molecule has 0 aliphatic carbocycles. The maximum atomic E-state index is 12.2. The molecule has 0 amide bonds. The van der Waals surface area contributed by atoms with E-state index in [1.54, 1.807) is 0 Å². The molecule has 0 saturated heterocycles. The van der Waals surface area contributed by atoms with Crippen molar-refractivity contribution in [3.05, 3.63) is 28.8 Å². The number of sulfonamides is 1. The minimum absolute atomic E-state index is 0. The second kappa shape index (κ2) is 9.23. The van der Waals surface area contributed by atoms with E-state index in [9.17, 15) is 8.42 Å². The number of nitrogens with one attached hydrogen (secondary N) is 1. The van der Waals surface area contributed by atoms with Gasteiger partial charge in [-0.05, 0) is 24.6 Å². The summed E-state index contributed by atoms with van der Waals surface area (Å²) in [7, 11) is -3.67. The van der Waals surface area contributed by atoms with Crippen molar-refractivity contribution in [3.63, 3.8) is 0 Å². The Labute approximate surface area is 136 Å². The molecule has 0 saturated carbocycles. The van der Waals surface area contributed by atoms with Crippen LogP contribution in [0.5, 0.6) is 0 Å². The van der Waals surface area contributed by atoms with Gasteiger partial charge in [0.15, 0.2) is 0 Å². The third-order valence-electron chi connectivity index (χ3n) is 2.88. The van der Waals surface area contributed by atoms with Gasteiger partial charge in [-0.15, -0.1) is 12.4 Å². The molecule has 5 nitrogen and oxygen atoms in total. The molecule has 0 heterocycles. The summed E-state index contributed by atoms with van der Waals surface area (Å²) in [5.74, 6) is 0. The molecule has 118 valence electrons. The molecule has 1 aromatic carbocycles. The molecule has 0 aliphatic heterocycles. The fraction of sp³-hybridized carbons (Fsp3) is 0.462. The number of hydrogen-bond acceptors (Lipinski definition) is 4. The van der Waals surface area contributed by atoms with Gasteiger partial charge in [-0.3, -0.25) is 0 Å². The summed E-state index contributed by atoms with van der Waals surface area (Å²) in [5.41, 5.74) is 5.82. The number of hydrogen-bond donors (Lipinski definition) is 2. The Hall–Kier alpha value is -0.840. The Morgan fingerprint density at radius 3 is 2.62 bits per heavy atom. The van der Waals surface area contributed by atoms with Crippen molar-refractivity contribution in [2.45, 2.75) is 37.1 Å². The lowest BCUT2D eigenvalue weighted by molar-refractivity contribution is 0.516. The Morgan fingerprint density at radius 1 is 1.48 bits per heavy atom. The topological polar surface area (TPSA) is 96.0 Å². The largest absolute Gasteiger partial charge is 0.329 e. The van der Waals surface area contributed by atoms with Gasteiger partial charge in [0.05, 0.1) is 15.5 Å². The van der Waals surface area contributed by atoms with Crippen molar-refractivity contribution in [3.8, 4) is 6.07 Å². The molecule has 1 atom stereocenters. The zero-order valence-corrected chi connectivity index (χ0v) is 14.1. The number of nitrogens with zero attached hydrogens (tertiary/aromatic N) is 1. The average Bonchev–Trinajstić information content (AvgIpc) is 2.43. The van der Waals surface area contributed by atoms with E-state index in [0.29, 0.717) is 6.42 Å². The van der Waals surface area contributed by atoms with E-state index >= 15 is 0 Å². The first kappa shape index (κ1) is 20.2. The first-order valence-electron chi connectivity index (χ1n) is 6.36. The number of nitrogens with two attached hydrogens (primary N) is 1. The first-order valence-corrected chi connectivity index (χ1v) is 8.22. The van der Waals surface area contributed by atoms with Crippen molar-refractivity contribution in [1.29, 1.82) is 5.26 Å². The molecule has 21 heavy (non-hydrogen) atoms. The third-order valence-corrected chi connectivity index (χ3v) is 4.71. The van der Waals surface area contributed by atoms with E-state index < -0.39 is 10.0 Å². The molecule has 0 fully saturated rings. The summed E-state index contributed by atoms with van der Waals surface area (Å²) in [4.78, 5) is 0.0384. The standard InChI is InChI=1S/C13H18ClN3O2S.ClH/c1-2-3-4-11(9-16)17-20(18,19)12-6-5-10(8-15)13(14)7-12;/h5-7,11,17H,2-4,9,16H2,1H3;1H. The van der Waals surface area contributed by atoms with Crippen LogP contribution in [-0.4, -0.2) is 21.0 Å². The van der Waals surface area contributed by atoms with Crippen LogP contribution in [0.25, 0.3) is 0 Å². The fourth-order valence-corrected chi connectivity index (χ4v) is 3.31. The molecule has 0 bridgehead atoms. The fourth-order valence-electron chi connectivity index (χ4n) is 1.72. The second-order valence-corrected chi connectivity index (χ2v) is 6.57. The van der Waals surface area contributed by atoms with Gasteiger partial charge in [0.2, 0.25) is 10.0 Å². The SMILES string of the molecule is CCCCC(CN)NS(=O)(=O)c1ccc(C#N)c(Cl)c1.Cl. The molecule has 1 aromatic rings. The van der Waals surface area contributed by atoms with Gasteiger partial charge in [-0.25, -0.2) is 13.1 Å². The summed E-state index contributed by atoms with van der Waals surface area (Å²) >= 11 is 5.85. The van der Waals surface area contributed by atoms with Crippen LogP contribution < -0.4 is 10.5 Å². The van der Waals surface area contributed by atoms with E-state index in [2.05, 4.69) is 4.72 Å². The molecule has 3 N–H and O–H groups in total. The van der Waals surface area contributed by atoms with E-state index in [4.69, 9.17) is 22.6 Å². The van der Waals surface area contributed by atoms with Crippen LogP contribution in [0.2, 0.25) is 5.02 Å². The minimum Gasteiger partial charge on any atom is -0.329 e. The predicted molar refractivity (Wildman–Crippen MR) is 86.1 cm³/mol. The van der Waals surface area contributed by atoms with Crippen LogP contribution in [0.4, 0.5) is 0 Å². The molecule has 1 unspecified atom stereocenters. The number of benzene rings is 1. The predicted octanol–water partition coefficient (Wildman–Crippen LogP) is 2.43. The van der Waals surface area contributed by atoms with Gasteiger partial charge in [0.1, 0.15) is 6.07 Å². The van der Waals surface area contributed by atoms with Crippen LogP contribution in [0.1, 0.15) is 31.7 Å². The maximum absolute atomic E-state index is 12.2. The quantitative estimate of drug-likeness (QED) is 0.788. The van der Waals surface area contributed by atoms with E-state index in [0.717, 1.165) is 12.8 Å². The lowest BCUT2D eigenvalue weighted by Crippen LogP contribution is -2.40. The van der Waals surface area contributed by atoms with Crippen LogP contribution >= 0.6 is 24.0 Å². The summed E-state index contributed by atoms with van der Waals surface area (Å²) < 4.78 is 27.0. The van der Waals surface area contributed by atoms with Gasteiger partial charge < -0.3 is 5.73 Å². The lowest BCUT2D eigenvalue weighted by Gasteiger charge is -2.16. The van der Waals surface area contributed by atoms with Crippen LogP contribution in [0.15, 0.2) is 23.1 Å². The Balaban J connectivity index is 0.00000400. The highest BCUT2D eigenvalue weighted by atomic mass is 35.5. The molecular formula is C13H19Cl2N3O2S. The molecule has 0 aliphatic rings. The minimum atomic E-state index is -3.67. The zero-order chi connectivity index (χ0) is 15.2. The maximum Gasteiger partial charge on any atom is 0.240 e. The highest BCUT2D eigenvalue weighted by Crippen LogP contribution is 2.20. The van der Waals surface area contributed by atoms with Crippen molar-refractivity contribution in [2.24, 2.45) is 5.73 Å². The Morgan fingerprint density at radius 2 is 2.14 bits per heavy atom. The zero-order valence-electron chi connectivity index (χ0n) is 11.7. The van der Waals surface area contributed by atoms with Gasteiger partial charge in [0, 0.05) is 12.6 Å². The first-order chi connectivity index (χ1) is 9.44. The summed E-state index contributed by atoms with van der Waals surface area (Å²) in [6.07, 6.45) is 2.57. The summed E-state index contributed by atoms with van der Waals surface area (Å²) in [5, 5.41) is 8.90. The van der Waals surface area contributed by atoms with E-state index in [1.807, 2.05) is 13.0 Å². The van der Waals surface area contributed by atoms with Crippen molar-refractivity contribution >= 4 is 34.0 Å². The van der Waals surface area contributed by atoms with Crippen LogP contribution in [0.3, 0.4) is 0 Å². The highest BCUT2D eigenvalue weighted by molar-refractivity contribution is 7.89. The van der Waals surface area contributed by atoms with E-state index in [-0.39, 0.29) is 40.5 Å².